The van der Waals surface area contributed by atoms with Gasteiger partial charge in [-0.25, -0.2) is 9.97 Å². The lowest BCUT2D eigenvalue weighted by Gasteiger charge is -2.28. The number of carbonyl (C=O) groups excluding carboxylic acids is 4. The molecular formula is C46H72N18O4S2. The fourth-order valence-corrected chi connectivity index (χ4v) is 8.54. The number of amides is 4. The van der Waals surface area contributed by atoms with E-state index in [0.717, 1.165) is 36.7 Å². The minimum atomic E-state index is -0.639. The summed E-state index contributed by atoms with van der Waals surface area (Å²) >= 11 is 2.69. The molecular weight excluding hydrogens is 933 g/mol. The van der Waals surface area contributed by atoms with E-state index in [9.17, 15) is 19.2 Å². The van der Waals surface area contributed by atoms with Crippen molar-refractivity contribution in [1.82, 2.24) is 9.97 Å². The molecule has 0 aliphatic rings. The summed E-state index contributed by atoms with van der Waals surface area (Å²) < 4.78 is 0. The second-order valence-electron chi connectivity index (χ2n) is 17.1. The summed E-state index contributed by atoms with van der Waals surface area (Å²) in [5.41, 5.74) is 47.1. The van der Waals surface area contributed by atoms with Gasteiger partial charge in [0.2, 0.25) is 11.8 Å². The Morgan fingerprint density at radius 3 is 1.39 bits per heavy atom. The van der Waals surface area contributed by atoms with E-state index in [0.29, 0.717) is 82.8 Å². The van der Waals surface area contributed by atoms with Crippen LogP contribution in [0.5, 0.6) is 0 Å². The Labute approximate surface area is 418 Å². The number of unbranched alkanes of at least 4 members (excludes halogenated alkanes) is 3. The van der Waals surface area contributed by atoms with Gasteiger partial charge in [-0.3, -0.25) is 39.1 Å². The zero-order valence-electron chi connectivity index (χ0n) is 40.9. The smallest absolute Gasteiger partial charge is 0.274 e. The van der Waals surface area contributed by atoms with Crippen molar-refractivity contribution in [3.8, 4) is 0 Å². The summed E-state index contributed by atoms with van der Waals surface area (Å²) in [6.45, 7) is 11.6. The highest BCUT2D eigenvalue weighted by molar-refractivity contribution is 7.99. The van der Waals surface area contributed by atoms with Gasteiger partial charge in [0.05, 0.1) is 45.6 Å². The van der Waals surface area contributed by atoms with E-state index < -0.39 is 11.8 Å². The molecule has 0 bridgehead atoms. The Kier molecular flexibility index (Phi) is 24.0. The second kappa shape index (κ2) is 29.3. The Morgan fingerprint density at radius 1 is 0.571 bits per heavy atom. The molecule has 24 heteroatoms. The third-order valence-corrected chi connectivity index (χ3v) is 12.7. The van der Waals surface area contributed by atoms with E-state index in [1.165, 1.54) is 29.6 Å². The summed E-state index contributed by atoms with van der Waals surface area (Å²) in [7, 11) is 0. The van der Waals surface area contributed by atoms with Crippen LogP contribution in [0.2, 0.25) is 0 Å². The molecule has 0 saturated carbocycles. The molecule has 2 aromatic carbocycles. The molecule has 0 fully saturated rings. The standard InChI is InChI=1S/C46H72N18O4S2/c1-6-7-14-46(4,5)29-23-32(62-37(66)13-9-11-16-56-43(49)50)39(70-20-18-58-45(53)54)33(24-29)64-41(68)35-25-34(59-26-60-35)40(67)63-31-22-28(27(2)3)21-30(38(31)69-19-17-57-44(51)52)61-36(65)12-8-10-15-55-42(47)48/h21-27H,6-20H2,1-5H3,(H,61,65)(H,62,66)(H,63,67)(H,64,68)(H4,47,48,55)(H4,49,50,56)(H4,51,52,57)(H4,53,54,58). The zero-order chi connectivity index (χ0) is 51.8. The van der Waals surface area contributed by atoms with E-state index >= 15 is 0 Å². The number of nitrogens with zero attached hydrogens (tertiary/aromatic N) is 6. The van der Waals surface area contributed by atoms with Crippen LogP contribution in [-0.2, 0) is 15.0 Å². The quantitative estimate of drug-likeness (QED) is 0.0202. The van der Waals surface area contributed by atoms with Crippen molar-refractivity contribution in [2.45, 2.75) is 114 Å². The van der Waals surface area contributed by atoms with Gasteiger partial charge in [-0.15, -0.1) is 23.5 Å². The average molecular weight is 1010 g/mol. The van der Waals surface area contributed by atoms with Crippen molar-refractivity contribution in [3.05, 3.63) is 59.2 Å². The zero-order valence-corrected chi connectivity index (χ0v) is 42.5. The Balaban J connectivity index is 2.05. The first kappa shape index (κ1) is 57.5. The minimum absolute atomic E-state index is 0.00189. The number of nitrogens with one attached hydrogen (secondary N) is 4. The number of aromatic nitrogens is 2. The molecule has 382 valence electrons. The highest BCUT2D eigenvalue weighted by Gasteiger charge is 2.26. The van der Waals surface area contributed by atoms with Crippen LogP contribution < -0.4 is 67.1 Å². The van der Waals surface area contributed by atoms with E-state index in [4.69, 9.17) is 45.9 Å². The van der Waals surface area contributed by atoms with Crippen LogP contribution in [0.4, 0.5) is 22.7 Å². The topological polar surface area (TPSA) is 400 Å². The first-order chi connectivity index (χ1) is 33.2. The lowest BCUT2D eigenvalue weighted by atomic mass is 9.80. The highest BCUT2D eigenvalue weighted by atomic mass is 32.2. The van der Waals surface area contributed by atoms with E-state index in [1.54, 1.807) is 0 Å². The monoisotopic (exact) mass is 1000 g/mol. The van der Waals surface area contributed by atoms with Crippen LogP contribution in [-0.4, -0.2) is 95.1 Å². The van der Waals surface area contributed by atoms with Gasteiger partial charge in [0.15, 0.2) is 23.8 Å². The first-order valence-corrected chi connectivity index (χ1v) is 25.1. The number of thioether (sulfide) groups is 2. The minimum Gasteiger partial charge on any atom is -0.370 e. The first-order valence-electron chi connectivity index (χ1n) is 23.1. The largest absolute Gasteiger partial charge is 0.370 e. The summed E-state index contributed by atoms with van der Waals surface area (Å²) in [6, 6.07) is 8.83. The summed E-state index contributed by atoms with van der Waals surface area (Å²) in [4.78, 5) is 81.0. The van der Waals surface area contributed by atoms with Gasteiger partial charge in [0.25, 0.3) is 11.8 Å². The van der Waals surface area contributed by atoms with Gasteiger partial charge in [0, 0.05) is 43.5 Å². The van der Waals surface area contributed by atoms with Crippen molar-refractivity contribution in [2.75, 3.05) is 59.0 Å². The predicted molar refractivity (Wildman–Crippen MR) is 287 cm³/mol. The van der Waals surface area contributed by atoms with Gasteiger partial charge in [-0.2, -0.15) is 0 Å². The molecule has 4 amide bonds. The molecule has 70 heavy (non-hydrogen) atoms. The van der Waals surface area contributed by atoms with Crippen molar-refractivity contribution < 1.29 is 19.2 Å². The van der Waals surface area contributed by atoms with Gasteiger partial charge in [-0.05, 0) is 78.8 Å². The maximum atomic E-state index is 14.3. The highest BCUT2D eigenvalue weighted by Crippen LogP contribution is 2.42. The molecule has 20 N–H and O–H groups in total. The Morgan fingerprint density at radius 2 is 0.971 bits per heavy atom. The molecule has 3 aromatic rings. The van der Waals surface area contributed by atoms with Crippen molar-refractivity contribution >= 4 is 93.7 Å². The molecule has 0 aliphatic carbocycles. The number of guanidine groups is 4. The van der Waals surface area contributed by atoms with Crippen LogP contribution in [0.25, 0.3) is 0 Å². The van der Waals surface area contributed by atoms with Crippen LogP contribution in [0, 0.1) is 0 Å². The lowest BCUT2D eigenvalue weighted by molar-refractivity contribution is -0.117. The molecule has 0 spiro atoms. The fraction of sp³-hybridized carbons (Fsp3) is 0.478. The lowest BCUT2D eigenvalue weighted by Crippen LogP contribution is -2.23. The maximum absolute atomic E-state index is 14.3. The summed E-state index contributed by atoms with van der Waals surface area (Å²) in [6.07, 6.45) is 6.58. The molecule has 1 heterocycles. The number of hydrogen-bond donors (Lipinski definition) is 12. The number of aliphatic imine (C=N–C) groups is 4. The molecule has 1 aromatic heterocycles. The normalized spacial score (nSPS) is 11.0. The number of nitrogens with two attached hydrogens (primary N) is 8. The molecule has 0 radical (unpaired) electrons. The molecule has 22 nitrogen and oxygen atoms in total. The SMILES string of the molecule is CCCCC(C)(C)c1cc(NC(=O)CCCCN=C(N)N)c(SCCN=C(N)N)c(NC(=O)c2cc(C(=O)Nc3cc(C(C)C)cc(NC(=O)CCCCN=C(N)N)c3SCCN=C(N)N)ncn2)c1. The van der Waals surface area contributed by atoms with E-state index in [2.05, 4.69) is 72.0 Å². The predicted octanol–water partition coefficient (Wildman–Crippen LogP) is 4.07. The number of carbonyl (C=O) groups is 4. The maximum Gasteiger partial charge on any atom is 0.274 e. The van der Waals surface area contributed by atoms with Crippen molar-refractivity contribution in [1.29, 1.82) is 0 Å². The molecule has 0 aliphatic heterocycles. The molecule has 0 unspecified atom stereocenters. The van der Waals surface area contributed by atoms with Crippen molar-refractivity contribution in [3.63, 3.8) is 0 Å². The molecule has 0 saturated heterocycles. The van der Waals surface area contributed by atoms with Crippen molar-refractivity contribution in [2.24, 2.45) is 65.8 Å². The number of hydrogen-bond acceptors (Lipinski definition) is 12. The number of anilines is 4. The van der Waals surface area contributed by atoms with Crippen LogP contribution >= 0.6 is 23.5 Å². The van der Waals surface area contributed by atoms with Gasteiger partial charge >= 0.3 is 0 Å². The second-order valence-corrected chi connectivity index (χ2v) is 19.3. The molecule has 0 atom stereocenters. The van der Waals surface area contributed by atoms with E-state index in [1.807, 2.05) is 38.1 Å². The Hall–Kier alpha value is -6.82. The Bertz CT molecular complexity index is 2370. The van der Waals surface area contributed by atoms with E-state index in [-0.39, 0.29) is 84.3 Å². The van der Waals surface area contributed by atoms with Crippen LogP contribution in [0.15, 0.2) is 66.4 Å². The van der Waals surface area contributed by atoms with Gasteiger partial charge in [0.1, 0.15) is 17.7 Å². The van der Waals surface area contributed by atoms with Crippen LogP contribution in [0.1, 0.15) is 130 Å². The molecule has 3 rings (SSSR count). The number of benzene rings is 2. The third-order valence-electron chi connectivity index (χ3n) is 10.5. The third kappa shape index (κ3) is 20.4. The number of rotatable bonds is 29. The van der Waals surface area contributed by atoms with Gasteiger partial charge in [-0.1, -0.05) is 47.5 Å². The summed E-state index contributed by atoms with van der Waals surface area (Å²) in [5.74, 6) is -1.11. The van der Waals surface area contributed by atoms with Gasteiger partial charge < -0.3 is 67.1 Å². The fourth-order valence-electron chi connectivity index (χ4n) is 6.71. The summed E-state index contributed by atoms with van der Waals surface area (Å²) in [5, 5.41) is 12.1. The van der Waals surface area contributed by atoms with Crippen LogP contribution in [0.3, 0.4) is 0 Å². The average Bonchev–Trinajstić information content (AvgIpc) is 3.28.